The number of aromatic nitrogens is 3. The molecule has 168 valence electrons. The van der Waals surface area contributed by atoms with Crippen molar-refractivity contribution in [3.63, 3.8) is 0 Å². The first-order valence-electron chi connectivity index (χ1n) is 10.6. The zero-order valence-corrected chi connectivity index (χ0v) is 19.4. The van der Waals surface area contributed by atoms with E-state index in [1.54, 1.807) is 11.7 Å². The number of carbonyl (C=O) groups excluding carboxylic acids is 1. The van der Waals surface area contributed by atoms with Crippen LogP contribution >= 0.6 is 12.2 Å². The number of nitrogens with zero attached hydrogens (tertiary/aromatic N) is 4. The second kappa shape index (κ2) is 9.54. The lowest BCUT2D eigenvalue weighted by Crippen LogP contribution is -2.44. The number of likely N-dealkylation sites (N-methyl/N-ethyl adjacent to an activating group) is 1. The van der Waals surface area contributed by atoms with Crippen LogP contribution in [0.5, 0.6) is 5.75 Å². The number of benzene rings is 2. The Labute approximate surface area is 192 Å². The summed E-state index contributed by atoms with van der Waals surface area (Å²) in [5, 5.41) is 10.1. The van der Waals surface area contributed by atoms with Gasteiger partial charge in [0.15, 0.2) is 10.6 Å². The summed E-state index contributed by atoms with van der Waals surface area (Å²) >= 11 is 5.35. The molecule has 2 N–H and O–H groups in total. The first-order chi connectivity index (χ1) is 15.4. The van der Waals surface area contributed by atoms with Gasteiger partial charge in [0.05, 0.1) is 7.11 Å². The molecule has 32 heavy (non-hydrogen) atoms. The third kappa shape index (κ3) is 4.84. The van der Waals surface area contributed by atoms with Crippen LogP contribution in [0.15, 0.2) is 42.5 Å². The molecule has 0 bridgehead atoms. The van der Waals surface area contributed by atoms with Crippen molar-refractivity contribution in [1.82, 2.24) is 19.7 Å². The van der Waals surface area contributed by atoms with Crippen LogP contribution in [0.3, 0.4) is 0 Å². The number of amides is 1. The van der Waals surface area contributed by atoms with E-state index in [4.69, 9.17) is 17.0 Å². The van der Waals surface area contributed by atoms with Gasteiger partial charge in [0.1, 0.15) is 12.3 Å². The van der Waals surface area contributed by atoms with E-state index >= 15 is 0 Å². The third-order valence-corrected chi connectivity index (χ3v) is 6.04. The molecule has 0 atom stereocenters. The van der Waals surface area contributed by atoms with Crippen molar-refractivity contribution in [1.29, 1.82) is 0 Å². The lowest BCUT2D eigenvalue weighted by atomic mass is 10.1. The van der Waals surface area contributed by atoms with Crippen molar-refractivity contribution in [2.75, 3.05) is 50.6 Å². The zero-order chi connectivity index (χ0) is 22.7. The number of H-pyrrole nitrogens is 1. The average Bonchev–Trinajstić information content (AvgIpc) is 3.14. The Hall–Kier alpha value is -3.17. The van der Waals surface area contributed by atoms with Gasteiger partial charge < -0.3 is 19.9 Å². The Balaban J connectivity index is 1.46. The summed E-state index contributed by atoms with van der Waals surface area (Å²) in [5.74, 6) is 1.20. The van der Waals surface area contributed by atoms with Crippen LogP contribution in [-0.4, -0.2) is 65.9 Å². The molecule has 0 radical (unpaired) electrons. The highest BCUT2D eigenvalue weighted by atomic mass is 32.1. The maximum atomic E-state index is 12.8. The van der Waals surface area contributed by atoms with Gasteiger partial charge in [-0.15, -0.1) is 0 Å². The van der Waals surface area contributed by atoms with Crippen molar-refractivity contribution in [2.24, 2.45) is 0 Å². The molecular formula is C23H28N6O2S. The molecule has 1 aliphatic rings. The predicted octanol–water partition coefficient (Wildman–Crippen LogP) is 3.32. The quantitative estimate of drug-likeness (QED) is 0.559. The SMILES string of the molecule is COc1ccc(-c2n[nH]c(=S)n2CC(=O)Nc2ccc(N3CCN(C)CC3)c(C)c2)cc1. The number of aryl methyl sites for hydroxylation is 1. The number of methoxy groups -OCH3 is 1. The van der Waals surface area contributed by atoms with Crippen LogP contribution in [0.2, 0.25) is 0 Å². The number of carbonyl (C=O) groups is 1. The van der Waals surface area contributed by atoms with Crippen molar-refractivity contribution in [3.8, 4) is 17.1 Å². The summed E-state index contributed by atoms with van der Waals surface area (Å²) in [4.78, 5) is 17.5. The van der Waals surface area contributed by atoms with Gasteiger partial charge in [-0.2, -0.15) is 5.10 Å². The maximum absolute atomic E-state index is 12.8. The number of nitrogens with one attached hydrogen (secondary N) is 2. The van der Waals surface area contributed by atoms with Crippen molar-refractivity contribution in [3.05, 3.63) is 52.8 Å². The number of aromatic amines is 1. The smallest absolute Gasteiger partial charge is 0.244 e. The molecule has 1 fully saturated rings. The fraction of sp³-hybridized carbons (Fsp3) is 0.348. The van der Waals surface area contributed by atoms with Gasteiger partial charge in [-0.1, -0.05) is 0 Å². The van der Waals surface area contributed by atoms with Crippen LogP contribution in [-0.2, 0) is 11.3 Å². The van der Waals surface area contributed by atoms with E-state index in [2.05, 4.69) is 45.4 Å². The first kappa shape index (κ1) is 22.0. The molecule has 2 heterocycles. The van der Waals surface area contributed by atoms with Crippen molar-refractivity contribution < 1.29 is 9.53 Å². The Morgan fingerprint density at radius 3 is 2.53 bits per heavy atom. The van der Waals surface area contributed by atoms with Crippen LogP contribution in [0.25, 0.3) is 11.4 Å². The highest BCUT2D eigenvalue weighted by Crippen LogP contribution is 2.25. The van der Waals surface area contributed by atoms with Crippen LogP contribution in [0.4, 0.5) is 11.4 Å². The lowest BCUT2D eigenvalue weighted by molar-refractivity contribution is -0.116. The number of rotatable bonds is 6. The van der Waals surface area contributed by atoms with Crippen molar-refractivity contribution in [2.45, 2.75) is 13.5 Å². The summed E-state index contributed by atoms with van der Waals surface area (Å²) in [6.45, 7) is 6.28. The van der Waals surface area contributed by atoms with E-state index < -0.39 is 0 Å². The topological polar surface area (TPSA) is 78.4 Å². The summed E-state index contributed by atoms with van der Waals surface area (Å²) in [6.07, 6.45) is 0. The molecule has 9 heteroatoms. The van der Waals surface area contributed by atoms with Gasteiger partial charge in [0.2, 0.25) is 5.91 Å². The highest BCUT2D eigenvalue weighted by Gasteiger charge is 2.17. The number of hydrogen-bond donors (Lipinski definition) is 2. The molecule has 0 unspecified atom stereocenters. The Bertz CT molecular complexity index is 1150. The second-order valence-corrected chi connectivity index (χ2v) is 8.39. The van der Waals surface area contributed by atoms with Gasteiger partial charge in [-0.05, 0) is 74.2 Å². The van der Waals surface area contributed by atoms with Gasteiger partial charge in [-0.25, -0.2) is 0 Å². The lowest BCUT2D eigenvalue weighted by Gasteiger charge is -2.35. The molecule has 0 saturated carbocycles. The molecule has 3 aromatic rings. The van der Waals surface area contributed by atoms with Gasteiger partial charge >= 0.3 is 0 Å². The molecule has 2 aromatic carbocycles. The minimum absolute atomic E-state index is 0.0654. The highest BCUT2D eigenvalue weighted by molar-refractivity contribution is 7.71. The molecule has 0 aliphatic carbocycles. The normalized spacial score (nSPS) is 14.4. The number of piperazine rings is 1. The fourth-order valence-corrected chi connectivity index (χ4v) is 4.10. The summed E-state index contributed by atoms with van der Waals surface area (Å²) in [7, 11) is 3.77. The number of hydrogen-bond acceptors (Lipinski definition) is 6. The van der Waals surface area contributed by atoms with Gasteiger partial charge in [0.25, 0.3) is 0 Å². The van der Waals surface area contributed by atoms with E-state index in [9.17, 15) is 4.79 Å². The largest absolute Gasteiger partial charge is 0.497 e. The monoisotopic (exact) mass is 452 g/mol. The molecule has 1 amide bonds. The average molecular weight is 453 g/mol. The zero-order valence-electron chi connectivity index (χ0n) is 18.6. The Kier molecular flexibility index (Phi) is 6.57. The third-order valence-electron chi connectivity index (χ3n) is 5.73. The minimum Gasteiger partial charge on any atom is -0.497 e. The molecule has 1 aliphatic heterocycles. The fourth-order valence-electron chi connectivity index (χ4n) is 3.90. The molecular weight excluding hydrogens is 424 g/mol. The van der Waals surface area contributed by atoms with Crippen molar-refractivity contribution >= 4 is 29.5 Å². The minimum atomic E-state index is -0.163. The Morgan fingerprint density at radius 2 is 1.88 bits per heavy atom. The van der Waals surface area contributed by atoms with Crippen LogP contribution in [0.1, 0.15) is 5.56 Å². The van der Waals surface area contributed by atoms with E-state index in [0.29, 0.717) is 10.6 Å². The summed E-state index contributed by atoms with van der Waals surface area (Å²) in [6, 6.07) is 13.5. The standard InChI is InChI=1S/C23H28N6O2S/c1-16-14-18(6-9-20(16)28-12-10-27(2)11-13-28)24-21(30)15-29-22(25-26-23(29)32)17-4-7-19(31-3)8-5-17/h4-9,14H,10-13,15H2,1-3H3,(H,24,30)(H,26,32). The summed E-state index contributed by atoms with van der Waals surface area (Å²) in [5.41, 5.74) is 3.98. The van der Waals surface area contributed by atoms with Gasteiger partial charge in [0, 0.05) is 43.1 Å². The second-order valence-electron chi connectivity index (χ2n) is 8.01. The molecule has 0 spiro atoms. The molecule has 4 rings (SSSR count). The van der Waals surface area contributed by atoms with Crippen LogP contribution < -0.4 is 15.0 Å². The predicted molar refractivity (Wildman–Crippen MR) is 129 cm³/mol. The van der Waals surface area contributed by atoms with Crippen LogP contribution in [0, 0.1) is 11.7 Å². The van der Waals surface area contributed by atoms with E-state index in [1.807, 2.05) is 36.4 Å². The Morgan fingerprint density at radius 1 is 1.16 bits per heavy atom. The first-order valence-corrected chi connectivity index (χ1v) is 11.0. The maximum Gasteiger partial charge on any atom is 0.244 e. The molecule has 8 nitrogen and oxygen atoms in total. The van der Waals surface area contributed by atoms with E-state index in [-0.39, 0.29) is 12.5 Å². The molecule has 1 aromatic heterocycles. The van der Waals surface area contributed by atoms with Gasteiger partial charge in [-0.3, -0.25) is 14.5 Å². The molecule has 1 saturated heterocycles. The number of ether oxygens (including phenoxy) is 1. The van der Waals surface area contributed by atoms with E-state index in [1.165, 1.54) is 5.69 Å². The summed E-state index contributed by atoms with van der Waals surface area (Å²) < 4.78 is 7.30. The number of anilines is 2. The van der Waals surface area contributed by atoms with E-state index in [0.717, 1.165) is 48.7 Å².